The van der Waals surface area contributed by atoms with E-state index in [0.29, 0.717) is 11.1 Å². The predicted octanol–water partition coefficient (Wildman–Crippen LogP) is 3.68. The van der Waals surface area contributed by atoms with Crippen molar-refractivity contribution in [3.63, 3.8) is 0 Å². The second-order valence-corrected chi connectivity index (χ2v) is 7.53. The van der Waals surface area contributed by atoms with Crippen molar-refractivity contribution in [1.82, 2.24) is 4.72 Å². The van der Waals surface area contributed by atoms with E-state index in [2.05, 4.69) is 4.72 Å². The molecule has 0 aliphatic carbocycles. The summed E-state index contributed by atoms with van der Waals surface area (Å²) in [6.45, 7) is 7.52. The molecule has 5 heteroatoms. The van der Waals surface area contributed by atoms with Crippen molar-refractivity contribution in [1.29, 1.82) is 0 Å². The Bertz CT molecular complexity index is 615. The van der Waals surface area contributed by atoms with Crippen LogP contribution in [-0.4, -0.2) is 8.96 Å². The molecule has 0 saturated heterocycles. The van der Waals surface area contributed by atoms with Crippen LogP contribution in [0.4, 0.5) is 4.39 Å². The lowest BCUT2D eigenvalue weighted by Crippen LogP contribution is -2.34. The van der Waals surface area contributed by atoms with Gasteiger partial charge in [0.05, 0.1) is 21.8 Å². The highest BCUT2D eigenvalue weighted by atomic mass is 32.2. The topological polar surface area (TPSA) is 42.2 Å². The highest BCUT2D eigenvalue weighted by Crippen LogP contribution is 2.26. The maximum atomic E-state index is 13.5. The summed E-state index contributed by atoms with van der Waals surface area (Å²) in [7, 11) is -1.20. The SMILES string of the molecule is C[C@@H](N[S@@](=O)C(C)(C)C)c1cc2cccc(F)c2o1. The molecule has 19 heavy (non-hydrogen) atoms. The standard InChI is InChI=1S/C14H18FNO2S/c1-9(16-19(17)14(2,3)4)12-8-10-6-5-7-11(15)13(10)18-12/h5-9,16H,1-4H3/t9-,19+/m1/s1. The van der Waals surface area contributed by atoms with Crippen molar-refractivity contribution in [2.75, 3.05) is 0 Å². The van der Waals surface area contributed by atoms with Gasteiger partial charge in [-0.2, -0.15) is 0 Å². The summed E-state index contributed by atoms with van der Waals surface area (Å²) in [5, 5.41) is 0.713. The van der Waals surface area contributed by atoms with Gasteiger partial charge < -0.3 is 4.42 Å². The Morgan fingerprint density at radius 1 is 1.37 bits per heavy atom. The quantitative estimate of drug-likeness (QED) is 0.933. The molecule has 1 N–H and O–H groups in total. The molecule has 0 radical (unpaired) electrons. The van der Waals surface area contributed by atoms with Gasteiger partial charge in [0.1, 0.15) is 5.76 Å². The van der Waals surface area contributed by atoms with Crippen molar-refractivity contribution < 1.29 is 13.0 Å². The number of rotatable bonds is 3. The Labute approximate surface area is 114 Å². The van der Waals surface area contributed by atoms with Crippen LogP contribution in [0.3, 0.4) is 0 Å². The number of hydrogen-bond acceptors (Lipinski definition) is 2. The third-order valence-electron chi connectivity index (χ3n) is 2.78. The van der Waals surface area contributed by atoms with E-state index in [1.165, 1.54) is 6.07 Å². The fourth-order valence-corrected chi connectivity index (χ4v) is 2.45. The maximum absolute atomic E-state index is 13.5. The Morgan fingerprint density at radius 3 is 2.63 bits per heavy atom. The molecule has 0 saturated carbocycles. The Morgan fingerprint density at radius 2 is 2.05 bits per heavy atom. The monoisotopic (exact) mass is 283 g/mol. The second-order valence-electron chi connectivity index (χ2n) is 5.53. The fraction of sp³-hybridized carbons (Fsp3) is 0.429. The number of para-hydroxylation sites is 1. The van der Waals surface area contributed by atoms with E-state index in [4.69, 9.17) is 4.42 Å². The number of benzene rings is 1. The summed E-state index contributed by atoms with van der Waals surface area (Å²) < 4.78 is 33.7. The minimum atomic E-state index is -1.20. The summed E-state index contributed by atoms with van der Waals surface area (Å²) in [6, 6.07) is 6.32. The molecule has 2 aromatic rings. The fourth-order valence-electron chi connectivity index (χ4n) is 1.66. The molecule has 0 bridgehead atoms. The third-order valence-corrected chi connectivity index (χ3v) is 4.46. The van der Waals surface area contributed by atoms with Crippen LogP contribution < -0.4 is 4.72 Å². The number of furan rings is 1. The highest BCUT2D eigenvalue weighted by Gasteiger charge is 2.23. The predicted molar refractivity (Wildman–Crippen MR) is 75.6 cm³/mol. The van der Waals surface area contributed by atoms with E-state index in [-0.39, 0.29) is 22.2 Å². The summed E-state index contributed by atoms with van der Waals surface area (Å²) >= 11 is 0. The first-order valence-corrected chi connectivity index (χ1v) is 7.30. The summed E-state index contributed by atoms with van der Waals surface area (Å²) in [4.78, 5) is 0. The summed E-state index contributed by atoms with van der Waals surface area (Å²) in [5.41, 5.74) is 0.243. The highest BCUT2D eigenvalue weighted by molar-refractivity contribution is 7.84. The van der Waals surface area contributed by atoms with Crippen LogP contribution >= 0.6 is 0 Å². The van der Waals surface area contributed by atoms with Crippen LogP contribution in [-0.2, 0) is 11.0 Å². The molecule has 2 rings (SSSR count). The van der Waals surface area contributed by atoms with E-state index < -0.39 is 11.0 Å². The molecule has 1 heterocycles. The average Bonchev–Trinajstić information content (AvgIpc) is 2.73. The zero-order chi connectivity index (χ0) is 14.2. The van der Waals surface area contributed by atoms with Crippen LogP contribution in [0.5, 0.6) is 0 Å². The van der Waals surface area contributed by atoms with Gasteiger partial charge in [-0.3, -0.25) is 0 Å². The van der Waals surface area contributed by atoms with Crippen LogP contribution in [0.25, 0.3) is 11.0 Å². The van der Waals surface area contributed by atoms with Crippen molar-refractivity contribution >= 4 is 22.0 Å². The van der Waals surface area contributed by atoms with Gasteiger partial charge in [0, 0.05) is 5.39 Å². The van der Waals surface area contributed by atoms with E-state index in [9.17, 15) is 8.60 Å². The lowest BCUT2D eigenvalue weighted by Gasteiger charge is -2.20. The van der Waals surface area contributed by atoms with Crippen molar-refractivity contribution in [3.8, 4) is 0 Å². The molecule has 0 amide bonds. The molecule has 2 atom stereocenters. The van der Waals surface area contributed by atoms with Crippen molar-refractivity contribution in [2.45, 2.75) is 38.5 Å². The molecule has 104 valence electrons. The molecule has 1 aromatic heterocycles. The van der Waals surface area contributed by atoms with Crippen LogP contribution in [0, 0.1) is 5.82 Å². The molecular formula is C14H18FNO2S. The lowest BCUT2D eigenvalue weighted by molar-refractivity contribution is 0.477. The van der Waals surface area contributed by atoms with E-state index in [1.807, 2.05) is 27.7 Å². The van der Waals surface area contributed by atoms with Crippen LogP contribution in [0.2, 0.25) is 0 Å². The molecule has 0 aliphatic rings. The van der Waals surface area contributed by atoms with E-state index in [1.54, 1.807) is 18.2 Å². The van der Waals surface area contributed by atoms with Crippen LogP contribution in [0.1, 0.15) is 39.5 Å². The Hall–Kier alpha value is -1.20. The van der Waals surface area contributed by atoms with Gasteiger partial charge in [0.2, 0.25) is 0 Å². The second kappa shape index (κ2) is 5.06. The lowest BCUT2D eigenvalue weighted by atomic mass is 10.2. The Balaban J connectivity index is 2.25. The van der Waals surface area contributed by atoms with Gasteiger partial charge in [-0.05, 0) is 39.8 Å². The first-order valence-electron chi connectivity index (χ1n) is 6.15. The average molecular weight is 283 g/mol. The zero-order valence-electron chi connectivity index (χ0n) is 11.5. The zero-order valence-corrected chi connectivity index (χ0v) is 12.3. The van der Waals surface area contributed by atoms with Crippen LogP contribution in [0.15, 0.2) is 28.7 Å². The third kappa shape index (κ3) is 3.04. The molecule has 0 unspecified atom stereocenters. The van der Waals surface area contributed by atoms with Gasteiger partial charge in [-0.25, -0.2) is 13.3 Å². The normalized spacial score (nSPS) is 15.6. The minimum absolute atomic E-state index is 0.243. The number of halogens is 1. The van der Waals surface area contributed by atoms with E-state index >= 15 is 0 Å². The maximum Gasteiger partial charge on any atom is 0.169 e. The van der Waals surface area contributed by atoms with Gasteiger partial charge in [0.25, 0.3) is 0 Å². The largest absolute Gasteiger partial charge is 0.456 e. The molecule has 3 nitrogen and oxygen atoms in total. The summed E-state index contributed by atoms with van der Waals surface area (Å²) in [5.74, 6) is 0.200. The Kier molecular flexibility index (Phi) is 3.78. The van der Waals surface area contributed by atoms with Gasteiger partial charge >= 0.3 is 0 Å². The van der Waals surface area contributed by atoms with E-state index in [0.717, 1.165) is 0 Å². The number of fused-ring (bicyclic) bond motifs is 1. The molecule has 0 fully saturated rings. The van der Waals surface area contributed by atoms with Gasteiger partial charge in [-0.1, -0.05) is 12.1 Å². The first kappa shape index (κ1) is 14.2. The first-order chi connectivity index (χ1) is 8.79. The molecule has 1 aromatic carbocycles. The minimum Gasteiger partial charge on any atom is -0.456 e. The number of hydrogen-bond donors (Lipinski definition) is 1. The van der Waals surface area contributed by atoms with Crippen molar-refractivity contribution in [2.24, 2.45) is 0 Å². The van der Waals surface area contributed by atoms with Gasteiger partial charge in [-0.15, -0.1) is 0 Å². The molecule has 0 aliphatic heterocycles. The molecular weight excluding hydrogens is 265 g/mol. The van der Waals surface area contributed by atoms with Gasteiger partial charge in [0.15, 0.2) is 11.4 Å². The molecule has 0 spiro atoms. The van der Waals surface area contributed by atoms with Crippen molar-refractivity contribution in [3.05, 3.63) is 35.8 Å². The smallest absolute Gasteiger partial charge is 0.169 e. The number of nitrogens with one attached hydrogen (secondary N) is 1. The summed E-state index contributed by atoms with van der Waals surface area (Å²) in [6.07, 6.45) is 0.